The van der Waals surface area contributed by atoms with Gasteiger partial charge in [0.05, 0.1) is 29.5 Å². The van der Waals surface area contributed by atoms with Gasteiger partial charge in [-0.15, -0.1) is 0 Å². The number of ketones is 1. The monoisotopic (exact) mass is 471 g/mol. The number of hydrogen-bond donors (Lipinski definition) is 3. The molecule has 4 rings (SSSR count). The molecule has 0 bridgehead atoms. The predicted molar refractivity (Wildman–Crippen MR) is 134 cm³/mol. The van der Waals surface area contributed by atoms with Crippen LogP contribution in [0.25, 0.3) is 10.9 Å². The van der Waals surface area contributed by atoms with E-state index in [1.165, 1.54) is 19.2 Å². The van der Waals surface area contributed by atoms with E-state index in [9.17, 15) is 9.59 Å². The summed E-state index contributed by atoms with van der Waals surface area (Å²) in [6.07, 6.45) is 7.73. The van der Waals surface area contributed by atoms with E-state index in [4.69, 9.17) is 4.74 Å². The fourth-order valence-corrected chi connectivity index (χ4v) is 3.56. The highest BCUT2D eigenvalue weighted by atomic mass is 16.5. The first kappa shape index (κ1) is 23.4. The summed E-state index contributed by atoms with van der Waals surface area (Å²) in [7, 11) is 0. The van der Waals surface area contributed by atoms with Gasteiger partial charge >= 0.3 is 0 Å². The first-order valence-corrected chi connectivity index (χ1v) is 10.9. The number of nitrogens with one attached hydrogen (secondary N) is 3. The van der Waals surface area contributed by atoms with Gasteiger partial charge < -0.3 is 20.3 Å². The topological polar surface area (TPSA) is 125 Å². The number of Topliss-reactive ketones (excluding diaryl/α,β-unsaturated/α-hetero) is 1. The number of aromatic amines is 1. The normalized spacial score (nSPS) is 13.9. The van der Waals surface area contributed by atoms with Crippen LogP contribution in [-0.2, 0) is 9.53 Å². The van der Waals surface area contributed by atoms with Crippen LogP contribution < -0.4 is 10.6 Å². The summed E-state index contributed by atoms with van der Waals surface area (Å²) in [6.45, 7) is 11.4. The second kappa shape index (κ2) is 10.0. The lowest BCUT2D eigenvalue weighted by Crippen LogP contribution is -2.35. The Morgan fingerprint density at radius 3 is 2.80 bits per heavy atom. The summed E-state index contributed by atoms with van der Waals surface area (Å²) >= 11 is 0. The van der Waals surface area contributed by atoms with E-state index in [0.717, 1.165) is 16.6 Å². The van der Waals surface area contributed by atoms with E-state index in [1.54, 1.807) is 30.2 Å². The molecule has 0 unspecified atom stereocenters. The second-order valence-electron chi connectivity index (χ2n) is 7.72. The van der Waals surface area contributed by atoms with Gasteiger partial charge in [-0.1, -0.05) is 13.2 Å². The van der Waals surface area contributed by atoms with Gasteiger partial charge in [0.1, 0.15) is 18.2 Å². The molecular formula is C25H25N7O3. The molecule has 1 aliphatic rings. The molecule has 1 amide bonds. The van der Waals surface area contributed by atoms with Gasteiger partial charge in [0.25, 0.3) is 5.91 Å². The maximum Gasteiger partial charge on any atom is 0.250 e. The van der Waals surface area contributed by atoms with E-state index < -0.39 is 0 Å². The van der Waals surface area contributed by atoms with Gasteiger partial charge in [-0.2, -0.15) is 10.1 Å². The molecule has 1 aromatic carbocycles. The summed E-state index contributed by atoms with van der Waals surface area (Å²) in [5.41, 5.74) is 2.99. The Hall–Kier alpha value is -4.73. The number of anilines is 3. The molecule has 0 aliphatic carbocycles. The molecule has 3 N–H and O–H groups in total. The third-order valence-electron chi connectivity index (χ3n) is 5.37. The van der Waals surface area contributed by atoms with Crippen molar-refractivity contribution in [1.29, 1.82) is 0 Å². The van der Waals surface area contributed by atoms with Crippen molar-refractivity contribution in [3.8, 4) is 0 Å². The van der Waals surface area contributed by atoms with Crippen molar-refractivity contribution in [3.05, 3.63) is 84.7 Å². The van der Waals surface area contributed by atoms with Crippen LogP contribution in [0.2, 0.25) is 0 Å². The molecule has 35 heavy (non-hydrogen) atoms. The predicted octanol–water partition coefficient (Wildman–Crippen LogP) is 4.06. The van der Waals surface area contributed by atoms with E-state index in [1.807, 2.05) is 18.2 Å². The molecule has 10 nitrogen and oxygen atoms in total. The molecule has 0 saturated heterocycles. The van der Waals surface area contributed by atoms with Gasteiger partial charge in [0, 0.05) is 23.0 Å². The lowest BCUT2D eigenvalue weighted by atomic mass is 10.2. The van der Waals surface area contributed by atoms with Crippen LogP contribution in [-0.4, -0.2) is 49.9 Å². The Balaban J connectivity index is 1.66. The number of carbonyl (C=O) groups excluding carboxylic acids is 2. The fraction of sp³-hybridized carbons (Fsp3) is 0.160. The van der Waals surface area contributed by atoms with E-state index in [-0.39, 0.29) is 11.7 Å². The fourth-order valence-electron chi connectivity index (χ4n) is 3.56. The van der Waals surface area contributed by atoms with Crippen molar-refractivity contribution in [3.63, 3.8) is 0 Å². The zero-order valence-corrected chi connectivity index (χ0v) is 19.5. The Labute approximate surface area is 202 Å². The largest absolute Gasteiger partial charge is 0.494 e. The third kappa shape index (κ3) is 5.11. The van der Waals surface area contributed by atoms with Crippen LogP contribution in [0.1, 0.15) is 24.2 Å². The van der Waals surface area contributed by atoms with Gasteiger partial charge in [-0.25, -0.2) is 4.98 Å². The smallest absolute Gasteiger partial charge is 0.250 e. The van der Waals surface area contributed by atoms with Crippen LogP contribution in [0.5, 0.6) is 0 Å². The quantitative estimate of drug-likeness (QED) is 0.255. The Kier molecular flexibility index (Phi) is 6.72. The highest BCUT2D eigenvalue weighted by Gasteiger charge is 2.22. The molecule has 3 heterocycles. The van der Waals surface area contributed by atoms with Crippen molar-refractivity contribution in [2.75, 3.05) is 23.8 Å². The summed E-state index contributed by atoms with van der Waals surface area (Å²) in [5.74, 6) is 0.717. The highest BCUT2D eigenvalue weighted by molar-refractivity contribution is 5.99. The minimum Gasteiger partial charge on any atom is -0.494 e. The molecule has 178 valence electrons. The SMILES string of the molecule is C=CC(=O)N1CCOC(C)=C1/C=C(\C=C)Nc1nc(Nc2ccc3cn[nH]c3c2)ncc1C(C)=O. The molecule has 3 aromatic rings. The zero-order chi connectivity index (χ0) is 24.9. The van der Waals surface area contributed by atoms with E-state index in [2.05, 4.69) is 44.0 Å². The Morgan fingerprint density at radius 2 is 2.06 bits per heavy atom. The van der Waals surface area contributed by atoms with Crippen LogP contribution in [0.4, 0.5) is 17.5 Å². The van der Waals surface area contributed by atoms with Gasteiger partial charge in [0.2, 0.25) is 5.95 Å². The third-order valence-corrected chi connectivity index (χ3v) is 5.37. The van der Waals surface area contributed by atoms with E-state index in [0.29, 0.717) is 47.6 Å². The van der Waals surface area contributed by atoms with Crippen LogP contribution >= 0.6 is 0 Å². The van der Waals surface area contributed by atoms with Crippen molar-refractivity contribution in [2.45, 2.75) is 13.8 Å². The standard InChI is InChI=1S/C25H25N7O3/c1-5-18(12-22-16(4)35-10-9-32(22)23(34)6-2)28-24-20(15(3)33)14-26-25(30-24)29-19-8-7-17-13-27-31-21(17)11-19/h5-8,11-14H,1-2,9-10H2,3-4H3,(H,27,31)(H2,26,28,29,30)/b18-12+. The number of nitrogens with zero attached hydrogens (tertiary/aromatic N) is 4. The molecule has 1 aliphatic heterocycles. The van der Waals surface area contributed by atoms with Crippen LogP contribution in [0, 0.1) is 0 Å². The average Bonchev–Trinajstić information content (AvgIpc) is 3.32. The van der Waals surface area contributed by atoms with Gasteiger partial charge in [-0.3, -0.25) is 14.7 Å². The molecule has 2 aromatic heterocycles. The number of hydrogen-bond acceptors (Lipinski definition) is 8. The number of fused-ring (bicyclic) bond motifs is 1. The molecule has 10 heteroatoms. The second-order valence-corrected chi connectivity index (χ2v) is 7.72. The van der Waals surface area contributed by atoms with Crippen molar-refractivity contribution in [2.24, 2.45) is 0 Å². The molecule has 0 spiro atoms. The van der Waals surface area contributed by atoms with Crippen molar-refractivity contribution >= 4 is 40.0 Å². The highest BCUT2D eigenvalue weighted by Crippen LogP contribution is 2.24. The maximum absolute atomic E-state index is 12.3. The maximum atomic E-state index is 12.3. The summed E-state index contributed by atoms with van der Waals surface area (Å²) in [5, 5.41) is 14.2. The molecule has 0 fully saturated rings. The summed E-state index contributed by atoms with van der Waals surface area (Å²) in [4.78, 5) is 35.0. The number of ether oxygens (including phenoxy) is 1. The lowest BCUT2D eigenvalue weighted by Gasteiger charge is -2.29. The lowest BCUT2D eigenvalue weighted by molar-refractivity contribution is -0.125. The van der Waals surface area contributed by atoms with Crippen LogP contribution in [0.3, 0.4) is 0 Å². The van der Waals surface area contributed by atoms with Gasteiger partial charge in [0.15, 0.2) is 5.78 Å². The minimum atomic E-state index is -0.241. The number of benzene rings is 1. The first-order chi connectivity index (χ1) is 16.9. The first-order valence-electron chi connectivity index (χ1n) is 10.9. The summed E-state index contributed by atoms with van der Waals surface area (Å²) in [6, 6.07) is 5.68. The number of aromatic nitrogens is 4. The number of H-pyrrole nitrogens is 1. The number of carbonyl (C=O) groups is 2. The number of rotatable bonds is 8. The molecule has 0 saturated carbocycles. The number of allylic oxidation sites excluding steroid dienone is 3. The summed E-state index contributed by atoms with van der Waals surface area (Å²) < 4.78 is 5.63. The van der Waals surface area contributed by atoms with Crippen molar-refractivity contribution in [1.82, 2.24) is 25.1 Å². The zero-order valence-electron chi connectivity index (χ0n) is 19.5. The number of amides is 1. The Bertz CT molecular complexity index is 1390. The van der Waals surface area contributed by atoms with Crippen molar-refractivity contribution < 1.29 is 14.3 Å². The molecule has 0 radical (unpaired) electrons. The van der Waals surface area contributed by atoms with E-state index >= 15 is 0 Å². The molecular weight excluding hydrogens is 446 g/mol. The minimum absolute atomic E-state index is 0.207. The average molecular weight is 472 g/mol. The van der Waals surface area contributed by atoms with Gasteiger partial charge in [-0.05, 0) is 50.3 Å². The molecule has 0 atom stereocenters. The van der Waals surface area contributed by atoms with Crippen LogP contribution in [0.15, 0.2) is 79.1 Å². The Morgan fingerprint density at radius 1 is 1.23 bits per heavy atom.